The van der Waals surface area contributed by atoms with Crippen LogP contribution in [-0.2, 0) is 16.0 Å². The van der Waals surface area contributed by atoms with Gasteiger partial charge in [0.25, 0.3) is 0 Å². The van der Waals surface area contributed by atoms with Gasteiger partial charge in [-0.15, -0.1) is 0 Å². The molecule has 1 fully saturated rings. The molecule has 1 aromatic rings. The van der Waals surface area contributed by atoms with Gasteiger partial charge in [-0.1, -0.05) is 25.1 Å². The number of amides is 2. The van der Waals surface area contributed by atoms with E-state index in [0.717, 1.165) is 44.6 Å². The molecule has 0 saturated carbocycles. The van der Waals surface area contributed by atoms with Crippen LogP contribution in [-0.4, -0.2) is 36.3 Å². The molecule has 0 bridgehead atoms. The van der Waals surface area contributed by atoms with Crippen LogP contribution in [0.2, 0.25) is 0 Å². The summed E-state index contributed by atoms with van der Waals surface area (Å²) in [6.07, 6.45) is 3.10. The van der Waals surface area contributed by atoms with Crippen molar-refractivity contribution >= 4 is 17.5 Å². The molecule has 0 atom stereocenters. The predicted molar refractivity (Wildman–Crippen MR) is 82.1 cm³/mol. The molecule has 2 heterocycles. The topological polar surface area (TPSA) is 40.6 Å². The number of para-hydroxylation sites is 1. The maximum Gasteiger partial charge on any atom is 0.230 e. The van der Waals surface area contributed by atoms with Crippen LogP contribution in [0.25, 0.3) is 0 Å². The van der Waals surface area contributed by atoms with Crippen LogP contribution >= 0.6 is 0 Å². The second kappa shape index (κ2) is 5.88. The standard InChI is InChI=1S/C17H22N2O2/c1-2-16(20)18-10-7-14(8-11-18)17(21)19-12-9-13-5-3-4-6-15(13)19/h3-6,14H,2,7-12H2,1H3. The maximum absolute atomic E-state index is 12.7. The molecule has 2 aliphatic rings. The summed E-state index contributed by atoms with van der Waals surface area (Å²) in [6.45, 7) is 4.13. The van der Waals surface area contributed by atoms with Crippen molar-refractivity contribution in [2.24, 2.45) is 5.92 Å². The average Bonchev–Trinajstić information content (AvgIpc) is 2.97. The van der Waals surface area contributed by atoms with Crippen LogP contribution in [0.5, 0.6) is 0 Å². The lowest BCUT2D eigenvalue weighted by Crippen LogP contribution is -2.44. The van der Waals surface area contributed by atoms with Gasteiger partial charge in [-0.25, -0.2) is 0 Å². The molecule has 1 aromatic carbocycles. The van der Waals surface area contributed by atoms with Gasteiger partial charge >= 0.3 is 0 Å². The molecule has 21 heavy (non-hydrogen) atoms. The molecule has 4 heteroatoms. The number of carbonyl (C=O) groups is 2. The van der Waals surface area contributed by atoms with Gasteiger partial charge in [0.05, 0.1) is 0 Å². The molecule has 112 valence electrons. The van der Waals surface area contributed by atoms with Crippen LogP contribution in [0.4, 0.5) is 5.69 Å². The number of nitrogens with zero attached hydrogens (tertiary/aromatic N) is 2. The van der Waals surface area contributed by atoms with E-state index < -0.39 is 0 Å². The second-order valence-corrected chi connectivity index (χ2v) is 5.88. The third-order valence-electron chi connectivity index (χ3n) is 4.65. The molecular weight excluding hydrogens is 264 g/mol. The fourth-order valence-corrected chi connectivity index (χ4v) is 3.39. The Hall–Kier alpha value is -1.84. The van der Waals surface area contributed by atoms with E-state index >= 15 is 0 Å². The number of anilines is 1. The van der Waals surface area contributed by atoms with E-state index in [2.05, 4.69) is 6.07 Å². The van der Waals surface area contributed by atoms with Gasteiger partial charge in [-0.3, -0.25) is 9.59 Å². The van der Waals surface area contributed by atoms with Crippen LogP contribution in [0, 0.1) is 5.92 Å². The van der Waals surface area contributed by atoms with Crippen LogP contribution in [0.15, 0.2) is 24.3 Å². The number of rotatable bonds is 2. The Morgan fingerprint density at radius 2 is 1.86 bits per heavy atom. The van der Waals surface area contributed by atoms with Crippen molar-refractivity contribution < 1.29 is 9.59 Å². The van der Waals surface area contributed by atoms with Crippen molar-refractivity contribution in [3.8, 4) is 0 Å². The van der Waals surface area contributed by atoms with Crippen LogP contribution in [0.1, 0.15) is 31.7 Å². The number of likely N-dealkylation sites (tertiary alicyclic amines) is 1. The summed E-state index contributed by atoms with van der Waals surface area (Å²) in [7, 11) is 0. The lowest BCUT2D eigenvalue weighted by Gasteiger charge is -2.33. The Morgan fingerprint density at radius 1 is 1.14 bits per heavy atom. The van der Waals surface area contributed by atoms with E-state index in [4.69, 9.17) is 0 Å². The van der Waals surface area contributed by atoms with Crippen molar-refractivity contribution in [2.75, 3.05) is 24.5 Å². The normalized spacial score (nSPS) is 18.7. The highest BCUT2D eigenvalue weighted by atomic mass is 16.2. The van der Waals surface area contributed by atoms with Crippen LogP contribution < -0.4 is 4.90 Å². The summed E-state index contributed by atoms with van der Waals surface area (Å²) < 4.78 is 0. The Balaban J connectivity index is 1.64. The predicted octanol–water partition coefficient (Wildman–Crippen LogP) is 2.22. The molecule has 0 N–H and O–H groups in total. The summed E-state index contributed by atoms with van der Waals surface area (Å²) in [5.41, 5.74) is 2.35. The number of piperidine rings is 1. The molecule has 0 spiro atoms. The molecule has 1 saturated heterocycles. The molecule has 0 radical (unpaired) electrons. The van der Waals surface area contributed by atoms with Crippen LogP contribution in [0.3, 0.4) is 0 Å². The molecule has 3 rings (SSSR count). The van der Waals surface area contributed by atoms with E-state index in [1.807, 2.05) is 34.9 Å². The average molecular weight is 286 g/mol. The van der Waals surface area contributed by atoms with Crippen molar-refractivity contribution in [2.45, 2.75) is 32.6 Å². The van der Waals surface area contributed by atoms with Crippen molar-refractivity contribution in [3.63, 3.8) is 0 Å². The van der Waals surface area contributed by atoms with Crippen molar-refractivity contribution in [3.05, 3.63) is 29.8 Å². The molecule has 4 nitrogen and oxygen atoms in total. The van der Waals surface area contributed by atoms with E-state index in [1.165, 1.54) is 5.56 Å². The zero-order valence-corrected chi connectivity index (χ0v) is 12.5. The second-order valence-electron chi connectivity index (χ2n) is 5.88. The van der Waals surface area contributed by atoms with Gasteiger partial charge in [-0.2, -0.15) is 0 Å². The SMILES string of the molecule is CCC(=O)N1CCC(C(=O)N2CCc3ccccc32)CC1. The van der Waals surface area contributed by atoms with Gasteiger partial charge in [0.1, 0.15) is 0 Å². The van der Waals surface area contributed by atoms with Gasteiger partial charge < -0.3 is 9.80 Å². The van der Waals surface area contributed by atoms with Crippen molar-refractivity contribution in [1.29, 1.82) is 0 Å². The Kier molecular flexibility index (Phi) is 3.95. The Bertz CT molecular complexity index is 547. The summed E-state index contributed by atoms with van der Waals surface area (Å²) in [4.78, 5) is 28.3. The fourth-order valence-electron chi connectivity index (χ4n) is 3.39. The Morgan fingerprint density at radius 3 is 2.57 bits per heavy atom. The first-order valence-electron chi connectivity index (χ1n) is 7.87. The first kappa shape index (κ1) is 14.1. The number of fused-ring (bicyclic) bond motifs is 1. The summed E-state index contributed by atoms with van der Waals surface area (Å²) in [5, 5.41) is 0. The third-order valence-corrected chi connectivity index (χ3v) is 4.65. The van der Waals surface area contributed by atoms with E-state index in [9.17, 15) is 9.59 Å². The van der Waals surface area contributed by atoms with E-state index in [-0.39, 0.29) is 17.7 Å². The number of benzene rings is 1. The van der Waals surface area contributed by atoms with Gasteiger partial charge in [0.2, 0.25) is 11.8 Å². The zero-order chi connectivity index (χ0) is 14.8. The molecule has 0 aromatic heterocycles. The largest absolute Gasteiger partial charge is 0.343 e. The number of hydrogen-bond acceptors (Lipinski definition) is 2. The molecular formula is C17H22N2O2. The summed E-state index contributed by atoms with van der Waals surface area (Å²) >= 11 is 0. The minimum atomic E-state index is 0.0667. The molecule has 0 unspecified atom stereocenters. The zero-order valence-electron chi connectivity index (χ0n) is 12.5. The molecule has 2 aliphatic heterocycles. The number of hydrogen-bond donors (Lipinski definition) is 0. The van der Waals surface area contributed by atoms with E-state index in [1.54, 1.807) is 0 Å². The van der Waals surface area contributed by atoms with Gasteiger partial charge in [0.15, 0.2) is 0 Å². The minimum Gasteiger partial charge on any atom is -0.343 e. The smallest absolute Gasteiger partial charge is 0.230 e. The third kappa shape index (κ3) is 2.67. The minimum absolute atomic E-state index is 0.0667. The first-order chi connectivity index (χ1) is 10.2. The van der Waals surface area contributed by atoms with Gasteiger partial charge in [-0.05, 0) is 30.9 Å². The highest BCUT2D eigenvalue weighted by Gasteiger charge is 2.32. The lowest BCUT2D eigenvalue weighted by molar-refractivity contribution is -0.134. The van der Waals surface area contributed by atoms with Gasteiger partial charge in [0, 0.05) is 37.7 Å². The first-order valence-corrected chi connectivity index (χ1v) is 7.87. The quantitative estimate of drug-likeness (QED) is 0.836. The van der Waals surface area contributed by atoms with E-state index in [0.29, 0.717) is 6.42 Å². The Labute approximate surface area is 125 Å². The maximum atomic E-state index is 12.7. The lowest BCUT2D eigenvalue weighted by atomic mass is 9.95. The fraction of sp³-hybridized carbons (Fsp3) is 0.529. The summed E-state index contributed by atoms with van der Waals surface area (Å²) in [5.74, 6) is 0.507. The molecule has 2 amide bonds. The highest BCUT2D eigenvalue weighted by molar-refractivity contribution is 5.97. The van der Waals surface area contributed by atoms with Crippen molar-refractivity contribution in [1.82, 2.24) is 4.90 Å². The number of carbonyl (C=O) groups excluding carboxylic acids is 2. The molecule has 0 aliphatic carbocycles. The summed E-state index contributed by atoms with van der Waals surface area (Å²) in [6, 6.07) is 8.16. The highest BCUT2D eigenvalue weighted by Crippen LogP contribution is 2.31. The monoisotopic (exact) mass is 286 g/mol.